The van der Waals surface area contributed by atoms with Crippen LogP contribution in [-0.4, -0.2) is 38.1 Å². The van der Waals surface area contributed by atoms with E-state index in [1.165, 1.54) is 193 Å². The van der Waals surface area contributed by atoms with Gasteiger partial charge in [-0.3, -0.25) is 0 Å². The van der Waals surface area contributed by atoms with Crippen molar-refractivity contribution >= 4 is 6.09 Å². The Bertz CT molecular complexity index is 880. The van der Waals surface area contributed by atoms with E-state index < -0.39 is 6.09 Å². The predicted octanol–water partition coefficient (Wildman–Crippen LogP) is 15.6. The van der Waals surface area contributed by atoms with Crippen LogP contribution in [0.4, 0.5) is 4.79 Å². The second-order valence-electron chi connectivity index (χ2n) is 16.3. The van der Waals surface area contributed by atoms with Gasteiger partial charge in [0.2, 0.25) is 0 Å². The molecule has 0 fully saturated rings. The first-order valence-corrected chi connectivity index (χ1v) is 23.9. The number of alkyl carbamates (subject to hydrolysis) is 1. The molecule has 1 aromatic carbocycles. The number of amides is 1. The summed E-state index contributed by atoms with van der Waals surface area (Å²) >= 11 is 0. The first-order valence-electron chi connectivity index (χ1n) is 23.9. The molecule has 0 spiro atoms. The van der Waals surface area contributed by atoms with Gasteiger partial charge in [0.05, 0.1) is 6.10 Å². The number of rotatable bonds is 42. The van der Waals surface area contributed by atoms with Gasteiger partial charge in [-0.05, 0) is 24.8 Å². The summed E-state index contributed by atoms with van der Waals surface area (Å²) in [5, 5.41) is 2.97. The average molecular weight is 758 g/mol. The molecule has 1 rings (SSSR count). The Morgan fingerprint density at radius 2 is 0.796 bits per heavy atom. The van der Waals surface area contributed by atoms with E-state index in [9.17, 15) is 4.79 Å². The predicted molar refractivity (Wildman–Crippen MR) is 233 cm³/mol. The van der Waals surface area contributed by atoms with Crippen LogP contribution in [0.5, 0.6) is 0 Å². The molecule has 54 heavy (non-hydrogen) atoms. The van der Waals surface area contributed by atoms with Crippen molar-refractivity contribution in [3.05, 3.63) is 35.9 Å². The molecule has 0 aliphatic heterocycles. The summed E-state index contributed by atoms with van der Waals surface area (Å²) in [6.45, 7) is 8.89. The van der Waals surface area contributed by atoms with Crippen LogP contribution in [0.3, 0.4) is 0 Å². The Labute approximate surface area is 336 Å². The standard InChI is InChI=1S/C49H91NO4/c1-4-7-9-11-13-15-17-19-21-23-25-27-29-31-33-38-42-52-47(6-3)48(44-50-49(51)54-45-46-40-36-35-37-41-46)53-43-39-34-32-30-28-26-24-22-20-18-16-14-12-10-8-5-2/h35-37,40-41,47-48H,4-34,38-39,42-45H2,1-3H3,(H,50,51). The molecule has 0 bridgehead atoms. The van der Waals surface area contributed by atoms with E-state index in [4.69, 9.17) is 14.2 Å². The summed E-state index contributed by atoms with van der Waals surface area (Å²) < 4.78 is 18.3. The zero-order chi connectivity index (χ0) is 38.8. The summed E-state index contributed by atoms with van der Waals surface area (Å²) in [6.07, 6.45) is 44.0. The van der Waals surface area contributed by atoms with Crippen LogP contribution in [0.1, 0.15) is 238 Å². The SMILES string of the molecule is CCCCCCCCCCCCCCCCCCOC(CC)C(CNC(=O)OCc1ccccc1)OCCCCCCCCCCCCCCCCCC. The lowest BCUT2D eigenvalue weighted by molar-refractivity contribution is -0.0744. The van der Waals surface area contributed by atoms with Crippen LogP contribution in [0.2, 0.25) is 0 Å². The van der Waals surface area contributed by atoms with Crippen molar-refractivity contribution in [1.29, 1.82) is 0 Å². The van der Waals surface area contributed by atoms with Gasteiger partial charge in [0.1, 0.15) is 12.7 Å². The van der Waals surface area contributed by atoms with Crippen molar-refractivity contribution in [1.82, 2.24) is 5.32 Å². The van der Waals surface area contributed by atoms with Gasteiger partial charge in [-0.15, -0.1) is 0 Å². The lowest BCUT2D eigenvalue weighted by atomic mass is 10.0. The van der Waals surface area contributed by atoms with Crippen molar-refractivity contribution in [2.75, 3.05) is 19.8 Å². The van der Waals surface area contributed by atoms with Gasteiger partial charge in [0, 0.05) is 19.8 Å². The molecule has 0 aromatic heterocycles. The normalized spacial score (nSPS) is 12.6. The van der Waals surface area contributed by atoms with Gasteiger partial charge in [-0.25, -0.2) is 4.79 Å². The van der Waals surface area contributed by atoms with Gasteiger partial charge < -0.3 is 19.5 Å². The Hall–Kier alpha value is -1.59. The third-order valence-corrected chi connectivity index (χ3v) is 11.1. The topological polar surface area (TPSA) is 56.8 Å². The van der Waals surface area contributed by atoms with Crippen molar-refractivity contribution in [3.8, 4) is 0 Å². The zero-order valence-corrected chi connectivity index (χ0v) is 36.3. The summed E-state index contributed by atoms with van der Waals surface area (Å²) in [4.78, 5) is 12.6. The van der Waals surface area contributed by atoms with Crippen LogP contribution in [0.15, 0.2) is 30.3 Å². The zero-order valence-electron chi connectivity index (χ0n) is 36.3. The van der Waals surface area contributed by atoms with E-state index in [0.717, 1.165) is 31.4 Å². The number of carbonyl (C=O) groups is 1. The molecule has 1 N–H and O–H groups in total. The first kappa shape index (κ1) is 50.4. The fourth-order valence-electron chi connectivity index (χ4n) is 7.51. The molecule has 1 aromatic rings. The van der Waals surface area contributed by atoms with Gasteiger partial charge in [-0.2, -0.15) is 0 Å². The third kappa shape index (κ3) is 33.7. The highest BCUT2D eigenvalue weighted by Gasteiger charge is 2.22. The van der Waals surface area contributed by atoms with Gasteiger partial charge in [0.25, 0.3) is 0 Å². The van der Waals surface area contributed by atoms with Crippen molar-refractivity contribution < 1.29 is 19.0 Å². The minimum atomic E-state index is -0.400. The maximum absolute atomic E-state index is 12.6. The van der Waals surface area contributed by atoms with E-state index in [2.05, 4.69) is 26.1 Å². The van der Waals surface area contributed by atoms with Gasteiger partial charge in [0.15, 0.2) is 0 Å². The van der Waals surface area contributed by atoms with E-state index in [1.54, 1.807) is 0 Å². The molecular formula is C49H91NO4. The van der Waals surface area contributed by atoms with Gasteiger partial charge in [-0.1, -0.05) is 244 Å². The molecule has 5 heteroatoms. The molecule has 2 atom stereocenters. The Morgan fingerprint density at radius 3 is 1.15 bits per heavy atom. The molecule has 0 heterocycles. The Kier molecular flexibility index (Phi) is 38.3. The van der Waals surface area contributed by atoms with Crippen molar-refractivity contribution in [2.24, 2.45) is 0 Å². The summed E-state index contributed by atoms with van der Waals surface area (Å²) in [6, 6.07) is 9.83. The highest BCUT2D eigenvalue weighted by Crippen LogP contribution is 2.17. The highest BCUT2D eigenvalue weighted by atomic mass is 16.6. The number of hydrogen-bond acceptors (Lipinski definition) is 4. The highest BCUT2D eigenvalue weighted by molar-refractivity contribution is 5.67. The molecule has 5 nitrogen and oxygen atoms in total. The maximum Gasteiger partial charge on any atom is 0.407 e. The number of ether oxygens (including phenoxy) is 3. The Morgan fingerprint density at radius 1 is 0.463 bits per heavy atom. The molecule has 0 saturated heterocycles. The molecular weight excluding hydrogens is 667 g/mol. The summed E-state index contributed by atoms with van der Waals surface area (Å²) in [5.74, 6) is 0. The fraction of sp³-hybridized carbons (Fsp3) is 0.857. The number of carbonyl (C=O) groups excluding carboxylic acids is 1. The van der Waals surface area contributed by atoms with E-state index in [1.807, 2.05) is 30.3 Å². The lowest BCUT2D eigenvalue weighted by Crippen LogP contribution is -2.42. The van der Waals surface area contributed by atoms with E-state index >= 15 is 0 Å². The smallest absolute Gasteiger partial charge is 0.407 e. The van der Waals surface area contributed by atoms with Crippen LogP contribution >= 0.6 is 0 Å². The van der Waals surface area contributed by atoms with Crippen LogP contribution < -0.4 is 5.32 Å². The van der Waals surface area contributed by atoms with Crippen LogP contribution in [0, 0.1) is 0 Å². The third-order valence-electron chi connectivity index (χ3n) is 11.1. The molecule has 0 saturated carbocycles. The largest absolute Gasteiger partial charge is 0.445 e. The minimum absolute atomic E-state index is 0.0307. The molecule has 1 amide bonds. The maximum atomic E-state index is 12.6. The van der Waals surface area contributed by atoms with E-state index in [-0.39, 0.29) is 18.8 Å². The van der Waals surface area contributed by atoms with E-state index in [0.29, 0.717) is 13.2 Å². The van der Waals surface area contributed by atoms with Crippen molar-refractivity contribution in [2.45, 2.75) is 251 Å². The quantitative estimate of drug-likeness (QED) is 0.0675. The number of benzene rings is 1. The van der Waals surface area contributed by atoms with Crippen LogP contribution in [0.25, 0.3) is 0 Å². The molecule has 0 radical (unpaired) electrons. The minimum Gasteiger partial charge on any atom is -0.445 e. The second-order valence-corrected chi connectivity index (χ2v) is 16.3. The molecule has 2 unspecified atom stereocenters. The Balaban J connectivity index is 2.21. The molecule has 0 aliphatic rings. The molecule has 0 aliphatic carbocycles. The second kappa shape index (κ2) is 41.1. The average Bonchev–Trinajstić information content (AvgIpc) is 3.19. The number of nitrogens with one attached hydrogen (secondary N) is 1. The number of hydrogen-bond donors (Lipinski definition) is 1. The summed E-state index contributed by atoms with van der Waals surface area (Å²) in [5.41, 5.74) is 0.984. The van der Waals surface area contributed by atoms with Crippen molar-refractivity contribution in [3.63, 3.8) is 0 Å². The monoisotopic (exact) mass is 758 g/mol. The number of unbranched alkanes of at least 4 members (excludes halogenated alkanes) is 30. The fourth-order valence-corrected chi connectivity index (χ4v) is 7.51. The lowest BCUT2D eigenvalue weighted by Gasteiger charge is -2.27. The van der Waals surface area contributed by atoms with Gasteiger partial charge >= 0.3 is 6.09 Å². The first-order chi connectivity index (χ1) is 26.7. The summed E-state index contributed by atoms with van der Waals surface area (Å²) in [7, 11) is 0. The van der Waals surface area contributed by atoms with Crippen LogP contribution in [-0.2, 0) is 20.8 Å². The molecule has 316 valence electrons.